The predicted molar refractivity (Wildman–Crippen MR) is 50.1 cm³/mol. The molecule has 1 aromatic carbocycles. The molecule has 1 heterocycles. The molecule has 0 aliphatic heterocycles. The van der Waals surface area contributed by atoms with Crippen LogP contribution in [-0.2, 0) is 0 Å². The summed E-state index contributed by atoms with van der Waals surface area (Å²) < 4.78 is 1.99. The highest BCUT2D eigenvalue weighted by atomic mass is 15.3. The average Bonchev–Trinajstić information content (AvgIpc) is 2.46. The van der Waals surface area contributed by atoms with Gasteiger partial charge in [0, 0.05) is 17.6 Å². The molecule has 0 atom stereocenters. The number of benzene rings is 1. The lowest BCUT2D eigenvalue weighted by Crippen LogP contribution is -1.99. The average molecular weight is 160 g/mol. The van der Waals surface area contributed by atoms with Crippen molar-refractivity contribution >= 4 is 10.9 Å². The van der Waals surface area contributed by atoms with Gasteiger partial charge in [-0.15, -0.1) is 0 Å². The number of hydrogen-bond acceptors (Lipinski definition) is 1. The van der Waals surface area contributed by atoms with E-state index in [4.69, 9.17) is 0 Å². The molecule has 0 saturated carbocycles. The van der Waals surface area contributed by atoms with E-state index >= 15 is 0 Å². The van der Waals surface area contributed by atoms with Gasteiger partial charge in [-0.2, -0.15) is 5.10 Å². The Morgan fingerprint density at radius 2 is 2.00 bits per heavy atom. The molecule has 2 nitrogen and oxygen atoms in total. The van der Waals surface area contributed by atoms with E-state index in [0.29, 0.717) is 6.04 Å². The molecule has 0 N–H and O–H groups in total. The third kappa shape index (κ3) is 1.09. The summed E-state index contributed by atoms with van der Waals surface area (Å²) in [6.45, 7) is 4.26. The van der Waals surface area contributed by atoms with Crippen LogP contribution in [0.5, 0.6) is 0 Å². The molecule has 1 aromatic heterocycles. The van der Waals surface area contributed by atoms with Crippen LogP contribution in [-0.4, -0.2) is 9.78 Å². The maximum absolute atomic E-state index is 4.43. The van der Waals surface area contributed by atoms with Crippen molar-refractivity contribution < 1.29 is 0 Å². The van der Waals surface area contributed by atoms with Crippen LogP contribution >= 0.6 is 0 Å². The summed E-state index contributed by atoms with van der Waals surface area (Å²) in [6.07, 6.45) is 2.08. The van der Waals surface area contributed by atoms with E-state index in [1.165, 1.54) is 5.39 Å². The van der Waals surface area contributed by atoms with Gasteiger partial charge in [0.25, 0.3) is 0 Å². The lowest BCUT2D eigenvalue weighted by atomic mass is 10.3. The summed E-state index contributed by atoms with van der Waals surface area (Å²) in [6, 6.07) is 8.61. The molecule has 2 heteroatoms. The molecule has 12 heavy (non-hydrogen) atoms. The molecule has 2 rings (SSSR count). The van der Waals surface area contributed by atoms with Crippen LogP contribution in [0.1, 0.15) is 19.9 Å². The molecule has 0 aliphatic rings. The first-order valence-corrected chi connectivity index (χ1v) is 4.21. The molecular formula is C10H12N2. The Morgan fingerprint density at radius 3 is 2.67 bits per heavy atom. The van der Waals surface area contributed by atoms with Gasteiger partial charge in [0.2, 0.25) is 0 Å². The first kappa shape index (κ1) is 7.35. The van der Waals surface area contributed by atoms with E-state index in [9.17, 15) is 0 Å². The minimum absolute atomic E-state index is 0.442. The second-order valence-electron chi connectivity index (χ2n) is 3.26. The van der Waals surface area contributed by atoms with Gasteiger partial charge in [0.1, 0.15) is 0 Å². The van der Waals surface area contributed by atoms with Crippen molar-refractivity contribution in [3.8, 4) is 0 Å². The summed E-state index contributed by atoms with van der Waals surface area (Å²) >= 11 is 0. The summed E-state index contributed by atoms with van der Waals surface area (Å²) in [4.78, 5) is 0. The smallest absolute Gasteiger partial charge is 0.0923 e. The van der Waals surface area contributed by atoms with Crippen LogP contribution < -0.4 is 0 Å². The minimum Gasteiger partial charge on any atom is -0.269 e. The normalized spacial score (nSPS) is 11.2. The second kappa shape index (κ2) is 2.63. The molecule has 0 saturated heterocycles. The van der Waals surface area contributed by atoms with Crippen LogP contribution in [0.2, 0.25) is 0 Å². The molecule has 2 aromatic rings. The number of aromatic nitrogens is 2. The van der Waals surface area contributed by atoms with Gasteiger partial charge in [-0.25, -0.2) is 0 Å². The molecule has 0 unspecified atom stereocenters. The Hall–Kier alpha value is -1.31. The molecule has 0 amide bonds. The van der Waals surface area contributed by atoms with Crippen LogP contribution in [0, 0.1) is 0 Å². The quantitative estimate of drug-likeness (QED) is 0.627. The van der Waals surface area contributed by atoms with E-state index in [-0.39, 0.29) is 0 Å². The van der Waals surface area contributed by atoms with Crippen molar-refractivity contribution in [1.29, 1.82) is 0 Å². The fourth-order valence-corrected chi connectivity index (χ4v) is 1.25. The number of nitrogens with zero attached hydrogens (tertiary/aromatic N) is 2. The zero-order valence-electron chi connectivity index (χ0n) is 7.36. The lowest BCUT2D eigenvalue weighted by molar-refractivity contribution is 0.537. The lowest BCUT2D eigenvalue weighted by Gasteiger charge is -2.02. The van der Waals surface area contributed by atoms with Crippen LogP contribution in [0.3, 0.4) is 0 Å². The van der Waals surface area contributed by atoms with Gasteiger partial charge < -0.3 is 0 Å². The van der Waals surface area contributed by atoms with Crippen molar-refractivity contribution in [2.45, 2.75) is 19.9 Å². The highest BCUT2D eigenvalue weighted by molar-refractivity contribution is 5.77. The first-order valence-electron chi connectivity index (χ1n) is 4.21. The fraction of sp³-hybridized carbons (Fsp3) is 0.300. The SMILES string of the molecule is CC(C)n1cc2ccccc2n1. The van der Waals surface area contributed by atoms with Gasteiger partial charge in [0.15, 0.2) is 0 Å². The summed E-state index contributed by atoms with van der Waals surface area (Å²) in [5.41, 5.74) is 1.08. The van der Waals surface area contributed by atoms with E-state index in [2.05, 4.69) is 31.2 Å². The third-order valence-corrected chi connectivity index (χ3v) is 1.96. The maximum Gasteiger partial charge on any atom is 0.0923 e. The molecule has 0 bridgehead atoms. The Kier molecular flexibility index (Phi) is 1.61. The van der Waals surface area contributed by atoms with Gasteiger partial charge in [-0.3, -0.25) is 4.68 Å². The van der Waals surface area contributed by atoms with Gasteiger partial charge in [-0.05, 0) is 19.9 Å². The molecule has 62 valence electrons. The Morgan fingerprint density at radius 1 is 1.25 bits per heavy atom. The first-order chi connectivity index (χ1) is 5.77. The van der Waals surface area contributed by atoms with E-state index in [0.717, 1.165) is 5.52 Å². The Balaban J connectivity index is 2.62. The summed E-state index contributed by atoms with van der Waals surface area (Å²) in [5.74, 6) is 0. The molecule has 0 spiro atoms. The third-order valence-electron chi connectivity index (χ3n) is 1.96. The standard InChI is InChI=1S/C10H12N2/c1-8(2)12-7-9-5-3-4-6-10(9)11-12/h3-8H,1-2H3. The Bertz CT molecular complexity index is 354. The number of fused-ring (bicyclic) bond motifs is 1. The zero-order valence-corrected chi connectivity index (χ0v) is 7.36. The highest BCUT2D eigenvalue weighted by Crippen LogP contribution is 2.13. The molecule has 0 aliphatic carbocycles. The van der Waals surface area contributed by atoms with Crippen LogP contribution in [0.15, 0.2) is 30.5 Å². The predicted octanol–water partition coefficient (Wildman–Crippen LogP) is 2.62. The van der Waals surface area contributed by atoms with E-state index in [1.807, 2.05) is 22.9 Å². The van der Waals surface area contributed by atoms with Crippen molar-refractivity contribution in [3.05, 3.63) is 30.5 Å². The largest absolute Gasteiger partial charge is 0.269 e. The topological polar surface area (TPSA) is 17.8 Å². The number of hydrogen-bond donors (Lipinski definition) is 0. The van der Waals surface area contributed by atoms with E-state index in [1.54, 1.807) is 0 Å². The van der Waals surface area contributed by atoms with Crippen LogP contribution in [0.25, 0.3) is 10.9 Å². The summed E-state index contributed by atoms with van der Waals surface area (Å²) in [7, 11) is 0. The van der Waals surface area contributed by atoms with Crippen molar-refractivity contribution in [2.24, 2.45) is 0 Å². The maximum atomic E-state index is 4.43. The van der Waals surface area contributed by atoms with Gasteiger partial charge >= 0.3 is 0 Å². The molecule has 0 radical (unpaired) electrons. The summed E-state index contributed by atoms with van der Waals surface area (Å²) in [5, 5.41) is 5.64. The van der Waals surface area contributed by atoms with Crippen molar-refractivity contribution in [3.63, 3.8) is 0 Å². The molecular weight excluding hydrogens is 148 g/mol. The van der Waals surface area contributed by atoms with Crippen molar-refractivity contribution in [2.75, 3.05) is 0 Å². The number of rotatable bonds is 1. The van der Waals surface area contributed by atoms with E-state index < -0.39 is 0 Å². The second-order valence-corrected chi connectivity index (χ2v) is 3.26. The minimum atomic E-state index is 0.442. The Labute approximate surface area is 71.8 Å². The van der Waals surface area contributed by atoms with Gasteiger partial charge in [0.05, 0.1) is 5.52 Å². The van der Waals surface area contributed by atoms with Gasteiger partial charge in [-0.1, -0.05) is 18.2 Å². The fourth-order valence-electron chi connectivity index (χ4n) is 1.25. The van der Waals surface area contributed by atoms with Crippen LogP contribution in [0.4, 0.5) is 0 Å². The van der Waals surface area contributed by atoms with Crippen molar-refractivity contribution in [1.82, 2.24) is 9.78 Å². The molecule has 0 fully saturated rings. The highest BCUT2D eigenvalue weighted by Gasteiger charge is 2.00. The monoisotopic (exact) mass is 160 g/mol. The zero-order chi connectivity index (χ0) is 8.55.